The van der Waals surface area contributed by atoms with Crippen LogP contribution in [0.5, 0.6) is 0 Å². The standard InChI is InChI=1S/C13H12BrN/c1-10(14)9-15-13-7-6-11-4-2-3-5-12(11)8-13/h2-8,15H,1,9H2. The van der Waals surface area contributed by atoms with Gasteiger partial charge in [-0.3, -0.25) is 0 Å². The zero-order valence-electron chi connectivity index (χ0n) is 8.33. The van der Waals surface area contributed by atoms with Crippen LogP contribution >= 0.6 is 15.9 Å². The summed E-state index contributed by atoms with van der Waals surface area (Å²) in [6, 6.07) is 14.7. The molecular formula is C13H12BrN. The quantitative estimate of drug-likeness (QED) is 0.875. The molecule has 0 heterocycles. The summed E-state index contributed by atoms with van der Waals surface area (Å²) in [7, 11) is 0. The highest BCUT2D eigenvalue weighted by Gasteiger charge is 1.95. The fraction of sp³-hybridized carbons (Fsp3) is 0.0769. The molecule has 0 aliphatic rings. The average Bonchev–Trinajstić information content (AvgIpc) is 2.26. The van der Waals surface area contributed by atoms with E-state index in [4.69, 9.17) is 0 Å². The van der Waals surface area contributed by atoms with Crippen molar-refractivity contribution in [3.05, 3.63) is 53.5 Å². The van der Waals surface area contributed by atoms with Crippen molar-refractivity contribution in [2.45, 2.75) is 0 Å². The Morgan fingerprint density at radius 1 is 1.13 bits per heavy atom. The van der Waals surface area contributed by atoms with Crippen LogP contribution < -0.4 is 5.32 Å². The van der Waals surface area contributed by atoms with E-state index in [9.17, 15) is 0 Å². The first-order valence-corrected chi connectivity index (χ1v) is 5.61. The van der Waals surface area contributed by atoms with E-state index >= 15 is 0 Å². The molecule has 0 saturated heterocycles. The fourth-order valence-electron chi connectivity index (χ4n) is 1.50. The number of halogens is 1. The second-order valence-corrected chi connectivity index (χ2v) is 4.55. The zero-order chi connectivity index (χ0) is 10.7. The SMILES string of the molecule is C=C(Br)CNc1ccc2ccccc2c1. The monoisotopic (exact) mass is 261 g/mol. The molecule has 0 atom stereocenters. The summed E-state index contributed by atoms with van der Waals surface area (Å²) in [5.74, 6) is 0. The molecule has 0 amide bonds. The van der Waals surface area contributed by atoms with Crippen molar-refractivity contribution in [2.75, 3.05) is 11.9 Å². The Morgan fingerprint density at radius 3 is 2.60 bits per heavy atom. The number of benzene rings is 2. The van der Waals surface area contributed by atoms with E-state index in [1.807, 2.05) is 0 Å². The van der Waals surface area contributed by atoms with Crippen LogP contribution in [0.15, 0.2) is 53.5 Å². The maximum Gasteiger partial charge on any atom is 0.0460 e. The third-order valence-corrected chi connectivity index (χ3v) is 2.51. The van der Waals surface area contributed by atoms with Crippen LogP contribution in [0, 0.1) is 0 Å². The van der Waals surface area contributed by atoms with Gasteiger partial charge in [-0.05, 0) is 22.9 Å². The van der Waals surface area contributed by atoms with Crippen molar-refractivity contribution in [2.24, 2.45) is 0 Å². The maximum atomic E-state index is 3.79. The molecule has 15 heavy (non-hydrogen) atoms. The van der Waals surface area contributed by atoms with E-state index in [1.54, 1.807) is 0 Å². The summed E-state index contributed by atoms with van der Waals surface area (Å²) >= 11 is 3.32. The van der Waals surface area contributed by atoms with Gasteiger partial charge in [-0.25, -0.2) is 0 Å². The minimum Gasteiger partial charge on any atom is -0.380 e. The van der Waals surface area contributed by atoms with E-state index < -0.39 is 0 Å². The Bertz CT molecular complexity index is 491. The lowest BCUT2D eigenvalue weighted by Gasteiger charge is -2.06. The Labute approximate surface area is 97.9 Å². The highest BCUT2D eigenvalue weighted by molar-refractivity contribution is 9.11. The molecule has 0 fully saturated rings. The van der Waals surface area contributed by atoms with Crippen molar-refractivity contribution < 1.29 is 0 Å². The van der Waals surface area contributed by atoms with E-state index in [1.165, 1.54) is 10.8 Å². The Morgan fingerprint density at radius 2 is 1.87 bits per heavy atom. The van der Waals surface area contributed by atoms with Gasteiger partial charge in [0.2, 0.25) is 0 Å². The third kappa shape index (κ3) is 2.60. The van der Waals surface area contributed by atoms with E-state index in [2.05, 4.69) is 70.3 Å². The third-order valence-electron chi connectivity index (χ3n) is 2.23. The molecule has 2 rings (SSSR count). The number of anilines is 1. The van der Waals surface area contributed by atoms with Crippen LogP contribution in [0.3, 0.4) is 0 Å². The van der Waals surface area contributed by atoms with Gasteiger partial charge in [-0.2, -0.15) is 0 Å². The minimum atomic E-state index is 0.748. The summed E-state index contributed by atoms with van der Waals surface area (Å²) in [6.45, 7) is 4.54. The van der Waals surface area contributed by atoms with Crippen LogP contribution in [-0.2, 0) is 0 Å². The molecule has 1 nitrogen and oxygen atoms in total. The van der Waals surface area contributed by atoms with Crippen molar-refractivity contribution >= 4 is 32.4 Å². The fourth-order valence-corrected chi connectivity index (χ4v) is 1.64. The summed E-state index contributed by atoms with van der Waals surface area (Å²) in [5, 5.41) is 5.81. The zero-order valence-corrected chi connectivity index (χ0v) is 9.92. The van der Waals surface area contributed by atoms with Gasteiger partial charge in [-0.15, -0.1) is 0 Å². The molecule has 0 saturated carbocycles. The topological polar surface area (TPSA) is 12.0 Å². The predicted molar refractivity (Wildman–Crippen MR) is 70.5 cm³/mol. The largest absolute Gasteiger partial charge is 0.380 e. The predicted octanol–water partition coefficient (Wildman–Crippen LogP) is 4.16. The lowest BCUT2D eigenvalue weighted by molar-refractivity contribution is 1.33. The van der Waals surface area contributed by atoms with Gasteiger partial charge in [0.1, 0.15) is 0 Å². The maximum absolute atomic E-state index is 3.79. The summed E-state index contributed by atoms with van der Waals surface area (Å²) < 4.78 is 0.954. The molecule has 2 aromatic rings. The molecule has 2 aromatic carbocycles. The van der Waals surface area contributed by atoms with Crippen molar-refractivity contribution in [1.29, 1.82) is 0 Å². The highest BCUT2D eigenvalue weighted by atomic mass is 79.9. The van der Waals surface area contributed by atoms with Gasteiger partial charge < -0.3 is 5.32 Å². The summed E-state index contributed by atoms with van der Waals surface area (Å²) in [5.41, 5.74) is 1.12. The van der Waals surface area contributed by atoms with Crippen LogP contribution in [0.1, 0.15) is 0 Å². The second-order valence-electron chi connectivity index (χ2n) is 3.43. The first-order chi connectivity index (χ1) is 7.25. The Kier molecular flexibility index (Phi) is 3.07. The first-order valence-electron chi connectivity index (χ1n) is 4.82. The summed E-state index contributed by atoms with van der Waals surface area (Å²) in [6.07, 6.45) is 0. The molecule has 76 valence electrons. The number of rotatable bonds is 3. The Hall–Kier alpha value is -1.28. The molecule has 0 spiro atoms. The lowest BCUT2D eigenvalue weighted by Crippen LogP contribution is -1.99. The van der Waals surface area contributed by atoms with E-state index in [0.29, 0.717) is 0 Å². The normalized spacial score (nSPS) is 10.2. The average molecular weight is 262 g/mol. The molecule has 0 radical (unpaired) electrons. The van der Waals surface area contributed by atoms with Crippen molar-refractivity contribution in [1.82, 2.24) is 0 Å². The first kappa shape index (κ1) is 10.2. The number of hydrogen-bond donors (Lipinski definition) is 1. The van der Waals surface area contributed by atoms with E-state index in [-0.39, 0.29) is 0 Å². The van der Waals surface area contributed by atoms with Crippen LogP contribution in [-0.4, -0.2) is 6.54 Å². The van der Waals surface area contributed by atoms with Gasteiger partial charge in [0.15, 0.2) is 0 Å². The summed E-state index contributed by atoms with van der Waals surface area (Å²) in [4.78, 5) is 0. The number of nitrogens with one attached hydrogen (secondary N) is 1. The number of fused-ring (bicyclic) bond motifs is 1. The van der Waals surface area contributed by atoms with Gasteiger partial charge in [0, 0.05) is 16.7 Å². The molecule has 0 bridgehead atoms. The molecule has 0 aromatic heterocycles. The minimum absolute atomic E-state index is 0.748. The molecule has 0 aliphatic carbocycles. The van der Waals surface area contributed by atoms with Gasteiger partial charge in [0.05, 0.1) is 0 Å². The molecule has 1 N–H and O–H groups in total. The van der Waals surface area contributed by atoms with Crippen molar-refractivity contribution in [3.63, 3.8) is 0 Å². The Balaban J connectivity index is 2.26. The van der Waals surface area contributed by atoms with Gasteiger partial charge in [-0.1, -0.05) is 52.8 Å². The lowest BCUT2D eigenvalue weighted by atomic mass is 10.1. The van der Waals surface area contributed by atoms with Crippen LogP contribution in [0.2, 0.25) is 0 Å². The van der Waals surface area contributed by atoms with E-state index in [0.717, 1.165) is 16.7 Å². The van der Waals surface area contributed by atoms with Gasteiger partial charge >= 0.3 is 0 Å². The smallest absolute Gasteiger partial charge is 0.0460 e. The molecule has 2 heteroatoms. The van der Waals surface area contributed by atoms with Crippen molar-refractivity contribution in [3.8, 4) is 0 Å². The molecular weight excluding hydrogens is 250 g/mol. The van der Waals surface area contributed by atoms with Gasteiger partial charge in [0.25, 0.3) is 0 Å². The number of hydrogen-bond acceptors (Lipinski definition) is 1. The highest BCUT2D eigenvalue weighted by Crippen LogP contribution is 2.19. The second kappa shape index (κ2) is 4.49. The van der Waals surface area contributed by atoms with Crippen LogP contribution in [0.4, 0.5) is 5.69 Å². The van der Waals surface area contributed by atoms with Crippen LogP contribution in [0.25, 0.3) is 10.8 Å². The molecule has 0 unspecified atom stereocenters. The molecule has 0 aliphatic heterocycles.